The fourth-order valence-electron chi connectivity index (χ4n) is 0.943. The zero-order valence-electron chi connectivity index (χ0n) is 6.85. The summed E-state index contributed by atoms with van der Waals surface area (Å²) in [4.78, 5) is 4.01. The summed E-state index contributed by atoms with van der Waals surface area (Å²) in [6.07, 6.45) is 4.22. The van der Waals surface area contributed by atoms with Gasteiger partial charge in [-0.05, 0) is 19.3 Å². The minimum atomic E-state index is 1.03. The first-order valence-electron chi connectivity index (χ1n) is 4.00. The zero-order chi connectivity index (χ0) is 7.40. The molecule has 1 aliphatic carbocycles. The maximum Gasteiger partial charge on any atom is 0.0928 e. The van der Waals surface area contributed by atoms with Crippen molar-refractivity contribution in [3.63, 3.8) is 0 Å². The van der Waals surface area contributed by atoms with Crippen molar-refractivity contribution < 1.29 is 0 Å². The molecule has 0 aromatic heterocycles. The maximum atomic E-state index is 4.01. The molecule has 0 radical (unpaired) electrons. The molecule has 1 N–H and O–H groups in total. The lowest BCUT2D eigenvalue weighted by atomic mass is 10.3. The van der Waals surface area contributed by atoms with Crippen LogP contribution in [-0.2, 0) is 0 Å². The molecule has 0 spiro atoms. The van der Waals surface area contributed by atoms with Crippen molar-refractivity contribution in [1.82, 2.24) is 5.32 Å². The summed E-state index contributed by atoms with van der Waals surface area (Å²) in [6, 6.07) is 0. The van der Waals surface area contributed by atoms with E-state index in [2.05, 4.69) is 10.3 Å². The van der Waals surface area contributed by atoms with Crippen molar-refractivity contribution in [1.29, 1.82) is 0 Å². The third-order valence-electron chi connectivity index (χ3n) is 1.97. The molecule has 2 heteroatoms. The number of nitrogens with zero attached hydrogens (tertiary/aromatic N) is 1. The van der Waals surface area contributed by atoms with Crippen LogP contribution in [0.4, 0.5) is 0 Å². The quantitative estimate of drug-likeness (QED) is 0.465. The van der Waals surface area contributed by atoms with E-state index in [0.29, 0.717) is 0 Å². The number of rotatable bonds is 3. The van der Waals surface area contributed by atoms with Crippen molar-refractivity contribution in [3.8, 4) is 0 Å². The molecule has 1 saturated carbocycles. The van der Waals surface area contributed by atoms with E-state index >= 15 is 0 Å². The Kier molecular flexibility index (Phi) is 2.72. The Morgan fingerprint density at radius 3 is 2.80 bits per heavy atom. The van der Waals surface area contributed by atoms with E-state index in [1.165, 1.54) is 19.3 Å². The van der Waals surface area contributed by atoms with Crippen molar-refractivity contribution >= 4 is 5.84 Å². The smallest absolute Gasteiger partial charge is 0.0928 e. The van der Waals surface area contributed by atoms with Gasteiger partial charge in [0.2, 0.25) is 0 Å². The van der Waals surface area contributed by atoms with Gasteiger partial charge in [0, 0.05) is 13.6 Å². The Hall–Kier alpha value is -0.530. The van der Waals surface area contributed by atoms with Crippen LogP contribution in [-0.4, -0.2) is 19.4 Å². The molecule has 0 aromatic rings. The SMILES string of the molecule is CN=C(C)NCCC1CC1. The van der Waals surface area contributed by atoms with Gasteiger partial charge in [-0.25, -0.2) is 0 Å². The number of amidine groups is 1. The summed E-state index contributed by atoms with van der Waals surface area (Å²) in [7, 11) is 1.82. The van der Waals surface area contributed by atoms with Gasteiger partial charge in [0.05, 0.1) is 5.84 Å². The molecular weight excluding hydrogens is 124 g/mol. The van der Waals surface area contributed by atoms with E-state index in [9.17, 15) is 0 Å². The molecule has 1 fully saturated rings. The molecular formula is C8H16N2. The molecule has 0 atom stereocenters. The van der Waals surface area contributed by atoms with Crippen LogP contribution < -0.4 is 5.32 Å². The molecule has 1 aliphatic rings. The molecule has 0 heterocycles. The summed E-state index contributed by atoms with van der Waals surface area (Å²) >= 11 is 0. The zero-order valence-corrected chi connectivity index (χ0v) is 6.85. The Bertz CT molecular complexity index is 125. The summed E-state index contributed by atoms with van der Waals surface area (Å²) < 4.78 is 0. The minimum absolute atomic E-state index is 1.03. The molecule has 10 heavy (non-hydrogen) atoms. The third kappa shape index (κ3) is 2.85. The number of nitrogens with one attached hydrogen (secondary N) is 1. The molecule has 0 saturated heterocycles. The lowest BCUT2D eigenvalue weighted by molar-refractivity contribution is 0.698. The largest absolute Gasteiger partial charge is 0.374 e. The molecule has 0 bridgehead atoms. The molecule has 2 nitrogen and oxygen atoms in total. The van der Waals surface area contributed by atoms with Crippen LogP contribution in [0.2, 0.25) is 0 Å². The van der Waals surface area contributed by atoms with Gasteiger partial charge >= 0.3 is 0 Å². The standard InChI is InChI=1S/C8H16N2/c1-7(9-2)10-6-5-8-3-4-8/h8H,3-6H2,1-2H3,(H,9,10). The maximum absolute atomic E-state index is 4.01. The fourth-order valence-corrected chi connectivity index (χ4v) is 0.943. The second-order valence-electron chi connectivity index (χ2n) is 2.97. The van der Waals surface area contributed by atoms with E-state index in [-0.39, 0.29) is 0 Å². The number of aliphatic imine (C=N–C) groups is 1. The Labute approximate surface area is 62.7 Å². The van der Waals surface area contributed by atoms with Crippen molar-refractivity contribution in [3.05, 3.63) is 0 Å². The molecule has 0 aliphatic heterocycles. The highest BCUT2D eigenvalue weighted by Gasteiger charge is 2.19. The van der Waals surface area contributed by atoms with Crippen LogP contribution in [0.15, 0.2) is 4.99 Å². The molecule has 58 valence electrons. The number of hydrogen-bond donors (Lipinski definition) is 1. The van der Waals surface area contributed by atoms with E-state index in [1.807, 2.05) is 14.0 Å². The van der Waals surface area contributed by atoms with Crippen LogP contribution >= 0.6 is 0 Å². The van der Waals surface area contributed by atoms with Gasteiger partial charge in [-0.2, -0.15) is 0 Å². The van der Waals surface area contributed by atoms with Crippen molar-refractivity contribution in [2.75, 3.05) is 13.6 Å². The van der Waals surface area contributed by atoms with Crippen LogP contribution in [0.25, 0.3) is 0 Å². The highest BCUT2D eigenvalue weighted by Crippen LogP contribution is 2.31. The monoisotopic (exact) mass is 140 g/mol. The molecule has 0 unspecified atom stereocenters. The first kappa shape index (κ1) is 7.58. The molecule has 1 rings (SSSR count). The van der Waals surface area contributed by atoms with Crippen LogP contribution in [0.1, 0.15) is 26.2 Å². The highest BCUT2D eigenvalue weighted by molar-refractivity contribution is 5.79. The summed E-state index contributed by atoms with van der Waals surface area (Å²) in [6.45, 7) is 3.11. The summed E-state index contributed by atoms with van der Waals surface area (Å²) in [5.74, 6) is 2.08. The van der Waals surface area contributed by atoms with Gasteiger partial charge in [0.25, 0.3) is 0 Å². The predicted octanol–water partition coefficient (Wildman–Crippen LogP) is 1.42. The van der Waals surface area contributed by atoms with Crippen LogP contribution in [0, 0.1) is 5.92 Å². The van der Waals surface area contributed by atoms with Gasteiger partial charge in [0.15, 0.2) is 0 Å². The molecule has 0 amide bonds. The summed E-state index contributed by atoms with van der Waals surface area (Å²) in [5, 5.41) is 3.25. The van der Waals surface area contributed by atoms with E-state index in [0.717, 1.165) is 18.3 Å². The Balaban J connectivity index is 1.93. The van der Waals surface area contributed by atoms with Crippen molar-refractivity contribution in [2.24, 2.45) is 10.9 Å². The van der Waals surface area contributed by atoms with Gasteiger partial charge in [-0.1, -0.05) is 12.8 Å². The van der Waals surface area contributed by atoms with Gasteiger partial charge in [-0.15, -0.1) is 0 Å². The lowest BCUT2D eigenvalue weighted by Gasteiger charge is -2.02. The van der Waals surface area contributed by atoms with Gasteiger partial charge in [0.1, 0.15) is 0 Å². The third-order valence-corrected chi connectivity index (χ3v) is 1.97. The second-order valence-corrected chi connectivity index (χ2v) is 2.97. The topological polar surface area (TPSA) is 24.4 Å². The molecule has 0 aromatic carbocycles. The Morgan fingerprint density at radius 1 is 1.60 bits per heavy atom. The van der Waals surface area contributed by atoms with E-state index in [4.69, 9.17) is 0 Å². The fraction of sp³-hybridized carbons (Fsp3) is 0.875. The minimum Gasteiger partial charge on any atom is -0.374 e. The normalized spacial score (nSPS) is 19.2. The highest BCUT2D eigenvalue weighted by atomic mass is 15.0. The van der Waals surface area contributed by atoms with E-state index < -0.39 is 0 Å². The average Bonchev–Trinajstić information content (AvgIpc) is 2.71. The average molecular weight is 140 g/mol. The first-order chi connectivity index (χ1) is 4.83. The second kappa shape index (κ2) is 3.59. The van der Waals surface area contributed by atoms with Gasteiger partial charge in [-0.3, -0.25) is 4.99 Å². The number of hydrogen-bond acceptors (Lipinski definition) is 1. The van der Waals surface area contributed by atoms with Crippen LogP contribution in [0.5, 0.6) is 0 Å². The van der Waals surface area contributed by atoms with Crippen molar-refractivity contribution in [2.45, 2.75) is 26.2 Å². The van der Waals surface area contributed by atoms with E-state index in [1.54, 1.807) is 0 Å². The Morgan fingerprint density at radius 2 is 2.30 bits per heavy atom. The predicted molar refractivity (Wildman–Crippen MR) is 44.4 cm³/mol. The summed E-state index contributed by atoms with van der Waals surface area (Å²) in [5.41, 5.74) is 0. The first-order valence-corrected chi connectivity index (χ1v) is 4.00. The van der Waals surface area contributed by atoms with Gasteiger partial charge < -0.3 is 5.32 Å². The lowest BCUT2D eigenvalue weighted by Crippen LogP contribution is -2.21. The van der Waals surface area contributed by atoms with Crippen LogP contribution in [0.3, 0.4) is 0 Å².